The Morgan fingerprint density at radius 2 is 2.07 bits per heavy atom. The van der Waals surface area contributed by atoms with E-state index in [1.165, 1.54) is 5.69 Å². The maximum Gasteiger partial charge on any atom is 0.275 e. The first kappa shape index (κ1) is 18.2. The van der Waals surface area contributed by atoms with Gasteiger partial charge in [-0.1, -0.05) is 0 Å². The highest BCUT2D eigenvalue weighted by Crippen LogP contribution is 2.32. The van der Waals surface area contributed by atoms with Gasteiger partial charge in [0.05, 0.1) is 22.9 Å². The van der Waals surface area contributed by atoms with Crippen molar-refractivity contribution in [2.75, 3.05) is 20.3 Å². The van der Waals surface area contributed by atoms with Crippen molar-refractivity contribution in [2.24, 2.45) is 4.99 Å². The summed E-state index contributed by atoms with van der Waals surface area (Å²) >= 11 is 3.45. The first-order chi connectivity index (χ1) is 14.0. The molecular weight excluding hydrogens is 432 g/mol. The molecule has 5 rings (SSSR count). The maximum absolute atomic E-state index is 13.2. The Morgan fingerprint density at radius 1 is 1.21 bits per heavy atom. The number of rotatable bonds is 2. The molecule has 0 aliphatic carbocycles. The van der Waals surface area contributed by atoms with E-state index in [0.29, 0.717) is 18.9 Å². The molecule has 29 heavy (non-hydrogen) atoms. The smallest absolute Gasteiger partial charge is 0.275 e. The lowest BCUT2D eigenvalue weighted by molar-refractivity contribution is 0.0637. The normalized spacial score (nSPS) is 18.9. The summed E-state index contributed by atoms with van der Waals surface area (Å²) in [7, 11) is 2.05. The van der Waals surface area contributed by atoms with E-state index in [2.05, 4.69) is 54.5 Å². The first-order valence-electron chi connectivity index (χ1n) is 9.60. The summed E-state index contributed by atoms with van der Waals surface area (Å²) in [6.45, 7) is 4.16. The third-order valence-corrected chi connectivity index (χ3v) is 6.15. The fourth-order valence-corrected chi connectivity index (χ4v) is 4.48. The van der Waals surface area contributed by atoms with Crippen molar-refractivity contribution in [2.45, 2.75) is 19.5 Å². The lowest BCUT2D eigenvalue weighted by Gasteiger charge is -2.36. The van der Waals surface area contributed by atoms with E-state index in [1.807, 2.05) is 48.6 Å². The van der Waals surface area contributed by atoms with Gasteiger partial charge >= 0.3 is 0 Å². The summed E-state index contributed by atoms with van der Waals surface area (Å²) in [5.41, 5.74) is 4.85. The van der Waals surface area contributed by atoms with E-state index < -0.39 is 0 Å². The van der Waals surface area contributed by atoms with Crippen LogP contribution in [0.2, 0.25) is 0 Å². The Balaban J connectivity index is 1.45. The number of fused-ring (bicyclic) bond motifs is 2. The second kappa shape index (κ2) is 6.88. The van der Waals surface area contributed by atoms with Gasteiger partial charge in [-0.3, -0.25) is 9.79 Å². The second-order valence-electron chi connectivity index (χ2n) is 7.44. The molecule has 1 atom stereocenters. The van der Waals surface area contributed by atoms with Gasteiger partial charge < -0.3 is 14.4 Å². The van der Waals surface area contributed by atoms with Crippen molar-refractivity contribution in [1.82, 2.24) is 24.0 Å². The molecule has 2 aliphatic heterocycles. The van der Waals surface area contributed by atoms with Crippen molar-refractivity contribution in [1.29, 1.82) is 0 Å². The lowest BCUT2D eigenvalue weighted by Crippen LogP contribution is -2.41. The summed E-state index contributed by atoms with van der Waals surface area (Å²) in [5, 5.41) is 4.49. The number of amides is 1. The Kier molecular flexibility index (Phi) is 4.31. The van der Waals surface area contributed by atoms with Gasteiger partial charge in [0, 0.05) is 42.7 Å². The molecule has 8 heteroatoms. The quantitative estimate of drug-likeness (QED) is 0.598. The van der Waals surface area contributed by atoms with Crippen LogP contribution in [0, 0.1) is 0 Å². The average Bonchev–Trinajstić information content (AvgIpc) is 3.32. The number of aromatic nitrogens is 3. The zero-order valence-electron chi connectivity index (χ0n) is 16.3. The monoisotopic (exact) mass is 452 g/mol. The van der Waals surface area contributed by atoms with Gasteiger partial charge in [-0.15, -0.1) is 0 Å². The van der Waals surface area contributed by atoms with E-state index in [4.69, 9.17) is 0 Å². The number of carbonyl (C=O) groups excluding carboxylic acids is 1. The third-order valence-electron chi connectivity index (χ3n) is 5.68. The highest BCUT2D eigenvalue weighted by atomic mass is 79.9. The molecule has 0 spiro atoms. The van der Waals surface area contributed by atoms with Crippen molar-refractivity contribution in [3.63, 3.8) is 0 Å². The van der Waals surface area contributed by atoms with Crippen LogP contribution in [-0.4, -0.2) is 56.4 Å². The van der Waals surface area contributed by atoms with Gasteiger partial charge in [-0.2, -0.15) is 5.10 Å². The highest BCUT2D eigenvalue weighted by Gasteiger charge is 2.31. The zero-order valence-corrected chi connectivity index (χ0v) is 17.9. The minimum atomic E-state index is -0.0348. The number of halogens is 1. The molecule has 0 N–H and O–H groups in total. The average molecular weight is 453 g/mol. The number of aliphatic imine (C=N–C) groups is 1. The molecule has 0 bridgehead atoms. The minimum absolute atomic E-state index is 0.0234. The summed E-state index contributed by atoms with van der Waals surface area (Å²) in [5.74, 6) is -0.0348. The van der Waals surface area contributed by atoms with Crippen LogP contribution in [0.3, 0.4) is 0 Å². The number of nitrogens with zero attached hydrogens (tertiary/aromatic N) is 6. The Labute approximate surface area is 177 Å². The van der Waals surface area contributed by atoms with Crippen molar-refractivity contribution in [3.05, 3.63) is 64.2 Å². The van der Waals surface area contributed by atoms with Gasteiger partial charge in [0.1, 0.15) is 6.67 Å². The van der Waals surface area contributed by atoms with Crippen molar-refractivity contribution < 1.29 is 4.79 Å². The number of hydrogen-bond donors (Lipinski definition) is 0. The summed E-state index contributed by atoms with van der Waals surface area (Å²) in [6, 6.07) is 9.99. The molecule has 0 saturated carbocycles. The van der Waals surface area contributed by atoms with Gasteiger partial charge in [-0.25, -0.2) is 4.52 Å². The van der Waals surface area contributed by atoms with Gasteiger partial charge in [0.2, 0.25) is 0 Å². The predicted molar refractivity (Wildman–Crippen MR) is 116 cm³/mol. The molecule has 0 aromatic carbocycles. The van der Waals surface area contributed by atoms with Crippen molar-refractivity contribution >= 4 is 39.3 Å². The number of carbonyl (C=O) groups is 1. The van der Waals surface area contributed by atoms with Gasteiger partial charge in [0.15, 0.2) is 5.69 Å². The fraction of sp³-hybridized carbons (Fsp3) is 0.286. The maximum atomic E-state index is 13.2. The zero-order chi connectivity index (χ0) is 20.1. The topological polar surface area (TPSA) is 58.1 Å². The molecule has 7 nitrogen and oxygen atoms in total. The summed E-state index contributed by atoms with van der Waals surface area (Å²) < 4.78 is 4.98. The first-order valence-corrected chi connectivity index (χ1v) is 10.4. The molecule has 148 valence electrons. The van der Waals surface area contributed by atoms with E-state index >= 15 is 0 Å². The summed E-state index contributed by atoms with van der Waals surface area (Å²) in [4.78, 5) is 21.6. The molecule has 3 aromatic rings. The second-order valence-corrected chi connectivity index (χ2v) is 8.35. The Morgan fingerprint density at radius 3 is 2.90 bits per heavy atom. The van der Waals surface area contributed by atoms with Crippen LogP contribution < -0.4 is 0 Å². The van der Waals surface area contributed by atoms with Crippen LogP contribution in [0.4, 0.5) is 0 Å². The van der Waals surface area contributed by atoms with Crippen LogP contribution >= 0.6 is 15.9 Å². The lowest BCUT2D eigenvalue weighted by atomic mass is 10.1. The molecule has 0 saturated heterocycles. The van der Waals surface area contributed by atoms with Crippen LogP contribution in [0.1, 0.15) is 34.8 Å². The molecule has 1 amide bonds. The third kappa shape index (κ3) is 2.98. The number of pyridine rings is 1. The number of hydrogen-bond acceptors (Lipinski definition) is 4. The molecule has 1 unspecified atom stereocenters. The van der Waals surface area contributed by atoms with Crippen LogP contribution in [0.5, 0.6) is 0 Å². The van der Waals surface area contributed by atoms with Crippen LogP contribution in [0.25, 0.3) is 11.2 Å². The van der Waals surface area contributed by atoms with Crippen LogP contribution in [-0.2, 0) is 6.54 Å². The standard InChI is InChI=1S/C21H21BrN6O/c1-14-18-5-6-20(19-7-8-23-13-25(19)2)27(18)10-9-26(14)21(29)17-11-16-4-3-15(22)12-28(16)24-17/h3-8,11-12,14H,9-10,13H2,1-2H3. The van der Waals surface area contributed by atoms with E-state index in [1.54, 1.807) is 4.52 Å². The highest BCUT2D eigenvalue weighted by molar-refractivity contribution is 9.10. The van der Waals surface area contributed by atoms with E-state index in [0.717, 1.165) is 27.9 Å². The SMILES string of the molecule is CC1c2ccc(C3=CC=NCN3C)n2CCN1C(=O)c1cc2ccc(Br)cn2n1. The minimum Gasteiger partial charge on any atom is -0.354 e. The van der Waals surface area contributed by atoms with Crippen molar-refractivity contribution in [3.8, 4) is 0 Å². The summed E-state index contributed by atoms with van der Waals surface area (Å²) in [6.07, 6.45) is 5.77. The van der Waals surface area contributed by atoms with E-state index in [-0.39, 0.29) is 11.9 Å². The largest absolute Gasteiger partial charge is 0.354 e. The predicted octanol–water partition coefficient (Wildman–Crippen LogP) is 3.43. The molecule has 5 heterocycles. The Bertz CT molecular complexity index is 1170. The molecule has 0 fully saturated rings. The molecule has 0 radical (unpaired) electrons. The number of allylic oxidation sites excluding steroid dienone is 1. The molecular formula is C21H21BrN6O. The Hall–Kier alpha value is -2.87. The van der Waals surface area contributed by atoms with Gasteiger partial charge in [0.25, 0.3) is 5.91 Å². The van der Waals surface area contributed by atoms with Gasteiger partial charge in [-0.05, 0) is 59.3 Å². The van der Waals surface area contributed by atoms with Crippen LogP contribution in [0.15, 0.2) is 52.1 Å². The molecule has 3 aromatic heterocycles. The molecule has 2 aliphatic rings. The fourth-order valence-electron chi connectivity index (χ4n) is 4.15. The van der Waals surface area contributed by atoms with E-state index in [9.17, 15) is 4.79 Å².